The van der Waals surface area contributed by atoms with Gasteiger partial charge in [-0.05, 0) is 50.1 Å². The van der Waals surface area contributed by atoms with Gasteiger partial charge in [0.25, 0.3) is 0 Å². The third kappa shape index (κ3) is 2.63. The SMILES string of the molecule is COc1cccc(F)c1C(C)(O)c1c(C)cc(C)cc1F. The highest BCUT2D eigenvalue weighted by Crippen LogP contribution is 2.39. The predicted molar refractivity (Wildman–Crippen MR) is 77.5 cm³/mol. The van der Waals surface area contributed by atoms with Gasteiger partial charge in [0.1, 0.15) is 23.0 Å². The monoisotopic (exact) mass is 292 g/mol. The lowest BCUT2D eigenvalue weighted by atomic mass is 9.83. The summed E-state index contributed by atoms with van der Waals surface area (Å²) < 4.78 is 33.7. The van der Waals surface area contributed by atoms with E-state index < -0.39 is 17.2 Å². The minimum atomic E-state index is -1.83. The smallest absolute Gasteiger partial charge is 0.133 e. The van der Waals surface area contributed by atoms with E-state index in [-0.39, 0.29) is 16.9 Å². The average molecular weight is 292 g/mol. The number of ether oxygens (including phenoxy) is 1. The number of benzene rings is 2. The molecule has 0 radical (unpaired) electrons. The van der Waals surface area contributed by atoms with Gasteiger partial charge >= 0.3 is 0 Å². The molecule has 0 bridgehead atoms. The van der Waals surface area contributed by atoms with Crippen molar-refractivity contribution >= 4 is 0 Å². The van der Waals surface area contributed by atoms with Crippen molar-refractivity contribution in [3.8, 4) is 5.75 Å². The maximum atomic E-state index is 14.3. The summed E-state index contributed by atoms with van der Waals surface area (Å²) in [4.78, 5) is 0. The van der Waals surface area contributed by atoms with Crippen LogP contribution in [0.2, 0.25) is 0 Å². The van der Waals surface area contributed by atoms with Gasteiger partial charge in [-0.3, -0.25) is 0 Å². The molecule has 0 aromatic heterocycles. The number of halogens is 2. The summed E-state index contributed by atoms with van der Waals surface area (Å²) in [6.07, 6.45) is 0. The number of hydrogen-bond acceptors (Lipinski definition) is 2. The molecule has 0 amide bonds. The Morgan fingerprint density at radius 1 is 1.05 bits per heavy atom. The van der Waals surface area contributed by atoms with Crippen molar-refractivity contribution in [1.82, 2.24) is 0 Å². The number of rotatable bonds is 3. The molecule has 2 rings (SSSR count). The van der Waals surface area contributed by atoms with E-state index in [1.54, 1.807) is 19.9 Å². The number of hydrogen-bond donors (Lipinski definition) is 1. The first-order valence-electron chi connectivity index (χ1n) is 6.61. The summed E-state index contributed by atoms with van der Waals surface area (Å²) in [6.45, 7) is 4.82. The van der Waals surface area contributed by atoms with Gasteiger partial charge in [-0.25, -0.2) is 8.78 Å². The highest BCUT2D eigenvalue weighted by molar-refractivity contribution is 5.48. The van der Waals surface area contributed by atoms with Crippen LogP contribution in [0, 0.1) is 25.5 Å². The summed E-state index contributed by atoms with van der Waals surface area (Å²) >= 11 is 0. The molecule has 2 aromatic rings. The molecule has 0 aliphatic carbocycles. The topological polar surface area (TPSA) is 29.5 Å². The quantitative estimate of drug-likeness (QED) is 0.931. The molecule has 0 aliphatic rings. The van der Waals surface area contributed by atoms with Gasteiger partial charge in [-0.2, -0.15) is 0 Å². The van der Waals surface area contributed by atoms with E-state index in [9.17, 15) is 13.9 Å². The fourth-order valence-corrected chi connectivity index (χ4v) is 2.80. The highest BCUT2D eigenvalue weighted by atomic mass is 19.1. The van der Waals surface area contributed by atoms with Gasteiger partial charge in [-0.15, -0.1) is 0 Å². The van der Waals surface area contributed by atoms with Crippen LogP contribution >= 0.6 is 0 Å². The Morgan fingerprint density at radius 2 is 1.71 bits per heavy atom. The van der Waals surface area contributed by atoms with Crippen LogP contribution in [0.5, 0.6) is 5.75 Å². The van der Waals surface area contributed by atoms with Crippen molar-refractivity contribution in [1.29, 1.82) is 0 Å². The van der Waals surface area contributed by atoms with Crippen molar-refractivity contribution < 1.29 is 18.6 Å². The first kappa shape index (κ1) is 15.4. The second kappa shape index (κ2) is 5.45. The molecule has 0 heterocycles. The van der Waals surface area contributed by atoms with E-state index >= 15 is 0 Å². The third-order valence-corrected chi connectivity index (χ3v) is 3.60. The lowest BCUT2D eigenvalue weighted by molar-refractivity contribution is 0.0897. The van der Waals surface area contributed by atoms with Crippen LogP contribution in [-0.2, 0) is 5.60 Å². The van der Waals surface area contributed by atoms with E-state index in [0.717, 1.165) is 5.56 Å². The van der Waals surface area contributed by atoms with E-state index in [4.69, 9.17) is 4.74 Å². The Balaban J connectivity index is 2.74. The van der Waals surface area contributed by atoms with Crippen LogP contribution in [-0.4, -0.2) is 12.2 Å². The van der Waals surface area contributed by atoms with Crippen molar-refractivity contribution in [2.24, 2.45) is 0 Å². The molecule has 2 aromatic carbocycles. The maximum absolute atomic E-state index is 14.3. The molecule has 112 valence electrons. The Morgan fingerprint density at radius 3 is 2.29 bits per heavy atom. The van der Waals surface area contributed by atoms with Crippen LogP contribution in [0.3, 0.4) is 0 Å². The molecule has 0 fully saturated rings. The molecule has 21 heavy (non-hydrogen) atoms. The lowest BCUT2D eigenvalue weighted by Gasteiger charge is -2.29. The molecule has 1 unspecified atom stereocenters. The van der Waals surface area contributed by atoms with Crippen LogP contribution in [0.15, 0.2) is 30.3 Å². The average Bonchev–Trinajstić information content (AvgIpc) is 2.36. The Bertz CT molecular complexity index is 655. The molecule has 0 saturated carbocycles. The van der Waals surface area contributed by atoms with Gasteiger partial charge in [-0.1, -0.05) is 12.1 Å². The minimum absolute atomic E-state index is 0.0523. The van der Waals surface area contributed by atoms with E-state index in [0.29, 0.717) is 5.56 Å². The number of aliphatic hydroxyl groups is 1. The van der Waals surface area contributed by atoms with Crippen molar-refractivity contribution in [2.75, 3.05) is 7.11 Å². The zero-order chi connectivity index (χ0) is 15.8. The molecule has 0 spiro atoms. The van der Waals surface area contributed by atoms with Gasteiger partial charge in [0.15, 0.2) is 0 Å². The van der Waals surface area contributed by atoms with Crippen LogP contribution in [0.1, 0.15) is 29.2 Å². The molecule has 4 heteroatoms. The molecule has 1 atom stereocenters. The van der Waals surface area contributed by atoms with Crippen molar-refractivity contribution in [3.63, 3.8) is 0 Å². The summed E-state index contributed by atoms with van der Waals surface area (Å²) in [5.74, 6) is -1.03. The van der Waals surface area contributed by atoms with E-state index in [1.807, 2.05) is 0 Å². The Kier molecular flexibility index (Phi) is 4.01. The van der Waals surface area contributed by atoms with Crippen LogP contribution in [0.4, 0.5) is 8.78 Å². The molecular weight excluding hydrogens is 274 g/mol. The third-order valence-electron chi connectivity index (χ3n) is 3.60. The lowest BCUT2D eigenvalue weighted by Crippen LogP contribution is -2.28. The largest absolute Gasteiger partial charge is 0.496 e. The molecule has 2 nitrogen and oxygen atoms in total. The van der Waals surface area contributed by atoms with Gasteiger partial charge in [0.05, 0.1) is 12.7 Å². The van der Waals surface area contributed by atoms with Gasteiger partial charge < -0.3 is 9.84 Å². The first-order chi connectivity index (χ1) is 9.78. The fourth-order valence-electron chi connectivity index (χ4n) is 2.80. The Labute approximate surface area is 123 Å². The second-order valence-corrected chi connectivity index (χ2v) is 5.33. The van der Waals surface area contributed by atoms with E-state index in [1.165, 1.54) is 38.3 Å². The first-order valence-corrected chi connectivity index (χ1v) is 6.61. The maximum Gasteiger partial charge on any atom is 0.133 e. The molecule has 0 aliphatic heterocycles. The minimum Gasteiger partial charge on any atom is -0.496 e. The normalized spacial score (nSPS) is 13.9. The predicted octanol–water partition coefficient (Wildman–Crippen LogP) is 3.85. The number of methoxy groups -OCH3 is 1. The summed E-state index contributed by atoms with van der Waals surface area (Å²) in [6, 6.07) is 7.30. The van der Waals surface area contributed by atoms with E-state index in [2.05, 4.69) is 0 Å². The zero-order valence-corrected chi connectivity index (χ0v) is 12.5. The number of aryl methyl sites for hydroxylation is 2. The fraction of sp³-hybridized carbons (Fsp3) is 0.294. The molecule has 1 N–H and O–H groups in total. The highest BCUT2D eigenvalue weighted by Gasteiger charge is 2.36. The standard InChI is InChI=1S/C17H18F2O2/c1-10-8-11(2)15(13(19)9-10)17(3,20)16-12(18)6-5-7-14(16)21-4/h5-9,20H,1-4H3. The molecular formula is C17H18F2O2. The van der Waals surface area contributed by atoms with Crippen LogP contribution in [0.25, 0.3) is 0 Å². The summed E-state index contributed by atoms with van der Waals surface area (Å²) in [5, 5.41) is 10.8. The summed E-state index contributed by atoms with van der Waals surface area (Å²) in [7, 11) is 1.38. The zero-order valence-electron chi connectivity index (χ0n) is 12.5. The van der Waals surface area contributed by atoms with Crippen molar-refractivity contribution in [2.45, 2.75) is 26.4 Å². The Hall–Kier alpha value is -1.94. The van der Waals surface area contributed by atoms with Crippen LogP contribution < -0.4 is 4.74 Å². The second-order valence-electron chi connectivity index (χ2n) is 5.33. The van der Waals surface area contributed by atoms with Crippen molar-refractivity contribution in [3.05, 3.63) is 64.2 Å². The summed E-state index contributed by atoms with van der Waals surface area (Å²) in [5.41, 5.74) is -0.554. The molecule has 0 saturated heterocycles. The van der Waals surface area contributed by atoms with Gasteiger partial charge in [0, 0.05) is 5.56 Å². The van der Waals surface area contributed by atoms with Gasteiger partial charge in [0.2, 0.25) is 0 Å².